The summed E-state index contributed by atoms with van der Waals surface area (Å²) in [5, 5.41) is 12.3. The van der Waals surface area contributed by atoms with Crippen LogP contribution in [0.3, 0.4) is 0 Å². The Labute approximate surface area is 119 Å². The van der Waals surface area contributed by atoms with Gasteiger partial charge < -0.3 is 15.2 Å². The molecular formula is C15H22N2O3. The van der Waals surface area contributed by atoms with Gasteiger partial charge >= 0.3 is 0 Å². The maximum atomic E-state index is 12.2. The number of amides is 1. The summed E-state index contributed by atoms with van der Waals surface area (Å²) in [7, 11) is 1.52. The minimum Gasteiger partial charge on any atom is -0.494 e. The van der Waals surface area contributed by atoms with Crippen LogP contribution in [0, 0.1) is 11.8 Å². The van der Waals surface area contributed by atoms with Crippen molar-refractivity contribution in [1.29, 1.82) is 0 Å². The number of pyridine rings is 1. The summed E-state index contributed by atoms with van der Waals surface area (Å²) < 4.78 is 5.14. The van der Waals surface area contributed by atoms with Crippen LogP contribution in [0.5, 0.6) is 5.75 Å². The molecule has 0 aliphatic heterocycles. The molecule has 5 heteroatoms. The van der Waals surface area contributed by atoms with E-state index >= 15 is 0 Å². The quantitative estimate of drug-likeness (QED) is 0.858. The predicted molar refractivity (Wildman–Crippen MR) is 75.7 cm³/mol. The van der Waals surface area contributed by atoms with E-state index in [0.717, 1.165) is 12.8 Å². The zero-order chi connectivity index (χ0) is 14.4. The molecule has 110 valence electrons. The lowest BCUT2D eigenvalue weighted by molar-refractivity contribution is 0.0906. The van der Waals surface area contributed by atoms with Gasteiger partial charge in [0, 0.05) is 19.3 Å². The highest BCUT2D eigenvalue weighted by Crippen LogP contribution is 2.29. The van der Waals surface area contributed by atoms with E-state index in [0.29, 0.717) is 29.7 Å². The van der Waals surface area contributed by atoms with Crippen LogP contribution in [0.1, 0.15) is 36.0 Å². The summed E-state index contributed by atoms with van der Waals surface area (Å²) >= 11 is 0. The Morgan fingerprint density at radius 1 is 1.45 bits per heavy atom. The maximum absolute atomic E-state index is 12.2. The zero-order valence-electron chi connectivity index (χ0n) is 11.8. The summed E-state index contributed by atoms with van der Waals surface area (Å²) in [5.41, 5.74) is 0.499. The second-order valence-corrected chi connectivity index (χ2v) is 5.27. The highest BCUT2D eigenvalue weighted by molar-refractivity contribution is 5.96. The van der Waals surface area contributed by atoms with Gasteiger partial charge in [0.05, 0.1) is 18.9 Å². The summed E-state index contributed by atoms with van der Waals surface area (Å²) in [5.74, 6) is 1.01. The molecule has 1 aromatic rings. The maximum Gasteiger partial charge on any atom is 0.255 e. The van der Waals surface area contributed by atoms with Crippen molar-refractivity contribution in [2.45, 2.75) is 25.7 Å². The van der Waals surface area contributed by atoms with Crippen molar-refractivity contribution >= 4 is 5.91 Å². The normalized spacial score (nSPS) is 22.3. The monoisotopic (exact) mass is 278 g/mol. The van der Waals surface area contributed by atoms with Gasteiger partial charge in [0.15, 0.2) is 0 Å². The molecule has 2 atom stereocenters. The number of nitrogens with zero attached hydrogens (tertiary/aromatic N) is 1. The topological polar surface area (TPSA) is 71.5 Å². The third-order valence-electron chi connectivity index (χ3n) is 4.07. The SMILES string of the molecule is COc1cnccc1C(=O)NCC1CCCCC1CO. The summed E-state index contributed by atoms with van der Waals surface area (Å²) in [6.07, 6.45) is 7.58. The van der Waals surface area contributed by atoms with Crippen LogP contribution in [0.2, 0.25) is 0 Å². The van der Waals surface area contributed by atoms with Gasteiger partial charge in [-0.05, 0) is 30.7 Å². The highest BCUT2D eigenvalue weighted by Gasteiger charge is 2.25. The van der Waals surface area contributed by atoms with Crippen molar-refractivity contribution < 1.29 is 14.6 Å². The number of nitrogens with one attached hydrogen (secondary N) is 1. The lowest BCUT2D eigenvalue weighted by Gasteiger charge is -2.30. The third kappa shape index (κ3) is 3.48. The van der Waals surface area contributed by atoms with E-state index in [1.807, 2.05) is 0 Å². The molecule has 0 radical (unpaired) electrons. The highest BCUT2D eigenvalue weighted by atomic mass is 16.5. The lowest BCUT2D eigenvalue weighted by atomic mass is 9.79. The van der Waals surface area contributed by atoms with Crippen molar-refractivity contribution in [2.24, 2.45) is 11.8 Å². The first kappa shape index (κ1) is 14.8. The van der Waals surface area contributed by atoms with Crippen LogP contribution < -0.4 is 10.1 Å². The molecule has 1 aliphatic rings. The van der Waals surface area contributed by atoms with E-state index in [1.54, 1.807) is 12.3 Å². The van der Waals surface area contributed by atoms with Gasteiger partial charge in [0.25, 0.3) is 5.91 Å². The first-order chi connectivity index (χ1) is 9.76. The number of carbonyl (C=O) groups excluding carboxylic acids is 1. The Morgan fingerprint density at radius 3 is 2.90 bits per heavy atom. The number of aliphatic hydroxyl groups excluding tert-OH is 1. The Bertz CT molecular complexity index is 450. The average molecular weight is 278 g/mol. The van der Waals surface area contributed by atoms with Gasteiger partial charge in [0.1, 0.15) is 5.75 Å². The number of methoxy groups -OCH3 is 1. The van der Waals surface area contributed by atoms with Crippen molar-refractivity contribution in [2.75, 3.05) is 20.3 Å². The van der Waals surface area contributed by atoms with E-state index in [2.05, 4.69) is 10.3 Å². The van der Waals surface area contributed by atoms with Crippen molar-refractivity contribution in [1.82, 2.24) is 10.3 Å². The fraction of sp³-hybridized carbons (Fsp3) is 0.600. The van der Waals surface area contributed by atoms with Crippen molar-refractivity contribution in [3.05, 3.63) is 24.0 Å². The van der Waals surface area contributed by atoms with Crippen LogP contribution >= 0.6 is 0 Å². The minimum absolute atomic E-state index is 0.147. The molecule has 2 N–H and O–H groups in total. The molecule has 0 bridgehead atoms. The molecule has 1 saturated carbocycles. The molecule has 0 spiro atoms. The zero-order valence-corrected chi connectivity index (χ0v) is 11.8. The molecule has 1 aliphatic carbocycles. The first-order valence-corrected chi connectivity index (χ1v) is 7.13. The van der Waals surface area contributed by atoms with E-state index < -0.39 is 0 Å². The van der Waals surface area contributed by atoms with Crippen LogP contribution in [0.15, 0.2) is 18.5 Å². The van der Waals surface area contributed by atoms with Crippen LogP contribution in [-0.4, -0.2) is 36.3 Å². The fourth-order valence-electron chi connectivity index (χ4n) is 2.84. The van der Waals surface area contributed by atoms with Gasteiger partial charge in [0.2, 0.25) is 0 Å². The Morgan fingerprint density at radius 2 is 2.20 bits per heavy atom. The smallest absolute Gasteiger partial charge is 0.255 e. The largest absolute Gasteiger partial charge is 0.494 e. The standard InChI is InChI=1S/C15H22N2O3/c1-20-14-9-16-7-6-13(14)15(19)17-8-11-4-2-3-5-12(11)10-18/h6-7,9,11-12,18H,2-5,8,10H2,1H3,(H,17,19). The van der Waals surface area contributed by atoms with Crippen LogP contribution in [0.4, 0.5) is 0 Å². The van der Waals surface area contributed by atoms with Crippen LogP contribution in [-0.2, 0) is 0 Å². The molecule has 1 fully saturated rings. The molecular weight excluding hydrogens is 256 g/mol. The van der Waals surface area contributed by atoms with Gasteiger partial charge in [-0.25, -0.2) is 0 Å². The second kappa shape index (κ2) is 7.24. The summed E-state index contributed by atoms with van der Waals surface area (Å²) in [6, 6.07) is 1.65. The van der Waals surface area contributed by atoms with E-state index in [9.17, 15) is 9.90 Å². The Kier molecular flexibility index (Phi) is 5.35. The van der Waals surface area contributed by atoms with Crippen LogP contribution in [0.25, 0.3) is 0 Å². The molecule has 20 heavy (non-hydrogen) atoms. The average Bonchev–Trinajstić information content (AvgIpc) is 2.52. The molecule has 2 rings (SSSR count). The Balaban J connectivity index is 1.94. The molecule has 5 nitrogen and oxygen atoms in total. The number of hydrogen-bond acceptors (Lipinski definition) is 4. The van der Waals surface area contributed by atoms with E-state index in [4.69, 9.17) is 4.74 Å². The first-order valence-electron chi connectivity index (χ1n) is 7.13. The third-order valence-corrected chi connectivity index (χ3v) is 4.07. The Hall–Kier alpha value is -1.62. The molecule has 0 saturated heterocycles. The van der Waals surface area contributed by atoms with Gasteiger partial charge in [-0.3, -0.25) is 9.78 Å². The predicted octanol–water partition coefficient (Wildman–Crippen LogP) is 1.62. The van der Waals surface area contributed by atoms with Gasteiger partial charge in [-0.1, -0.05) is 12.8 Å². The molecule has 1 amide bonds. The molecule has 0 aromatic carbocycles. The van der Waals surface area contributed by atoms with E-state index in [-0.39, 0.29) is 12.5 Å². The number of hydrogen-bond donors (Lipinski definition) is 2. The lowest BCUT2D eigenvalue weighted by Crippen LogP contribution is -2.35. The number of ether oxygens (including phenoxy) is 1. The van der Waals surface area contributed by atoms with E-state index in [1.165, 1.54) is 26.1 Å². The number of rotatable bonds is 5. The molecule has 1 heterocycles. The number of aliphatic hydroxyl groups is 1. The van der Waals surface area contributed by atoms with Crippen molar-refractivity contribution in [3.63, 3.8) is 0 Å². The number of aromatic nitrogens is 1. The minimum atomic E-state index is -0.147. The fourth-order valence-corrected chi connectivity index (χ4v) is 2.84. The van der Waals surface area contributed by atoms with Gasteiger partial charge in [-0.2, -0.15) is 0 Å². The summed E-state index contributed by atoms with van der Waals surface area (Å²) in [4.78, 5) is 16.1. The van der Waals surface area contributed by atoms with Crippen molar-refractivity contribution in [3.8, 4) is 5.75 Å². The summed E-state index contributed by atoms with van der Waals surface area (Å²) in [6.45, 7) is 0.814. The molecule has 2 unspecified atom stereocenters. The molecule has 1 aromatic heterocycles. The second-order valence-electron chi connectivity index (χ2n) is 5.27. The number of carbonyl (C=O) groups is 1. The van der Waals surface area contributed by atoms with Gasteiger partial charge in [-0.15, -0.1) is 0 Å².